The SMILES string of the molecule is CCC(Oc1ccccc1)C(=O)Nc1ncc[nH]1. The number of nitrogens with one attached hydrogen (secondary N) is 2. The van der Waals surface area contributed by atoms with Gasteiger partial charge in [0.15, 0.2) is 6.10 Å². The molecule has 1 atom stereocenters. The smallest absolute Gasteiger partial charge is 0.267 e. The number of carbonyl (C=O) groups is 1. The minimum atomic E-state index is -0.530. The maximum Gasteiger partial charge on any atom is 0.267 e. The first-order valence-electron chi connectivity index (χ1n) is 5.81. The summed E-state index contributed by atoms with van der Waals surface area (Å²) in [5, 5.41) is 2.66. The van der Waals surface area contributed by atoms with Crippen LogP contribution in [-0.2, 0) is 4.79 Å². The number of hydrogen-bond acceptors (Lipinski definition) is 3. The van der Waals surface area contributed by atoms with Gasteiger partial charge in [0.2, 0.25) is 5.95 Å². The van der Waals surface area contributed by atoms with Gasteiger partial charge in [-0.25, -0.2) is 4.98 Å². The maximum absolute atomic E-state index is 11.9. The third-order valence-electron chi connectivity index (χ3n) is 2.42. The fraction of sp³-hybridized carbons (Fsp3) is 0.231. The fourth-order valence-corrected chi connectivity index (χ4v) is 1.52. The van der Waals surface area contributed by atoms with E-state index in [1.54, 1.807) is 12.4 Å². The van der Waals surface area contributed by atoms with Crippen LogP contribution in [0.5, 0.6) is 5.75 Å². The Morgan fingerprint density at radius 1 is 1.44 bits per heavy atom. The van der Waals surface area contributed by atoms with Crippen molar-refractivity contribution in [2.75, 3.05) is 5.32 Å². The Morgan fingerprint density at radius 2 is 2.22 bits per heavy atom. The van der Waals surface area contributed by atoms with E-state index in [1.807, 2.05) is 37.3 Å². The molecule has 5 heteroatoms. The van der Waals surface area contributed by atoms with E-state index in [1.165, 1.54) is 0 Å². The molecule has 0 aliphatic rings. The number of hydrogen-bond donors (Lipinski definition) is 2. The van der Waals surface area contributed by atoms with Gasteiger partial charge in [-0.2, -0.15) is 0 Å². The minimum absolute atomic E-state index is 0.212. The van der Waals surface area contributed by atoms with Gasteiger partial charge in [-0.05, 0) is 18.6 Å². The van der Waals surface area contributed by atoms with Crippen molar-refractivity contribution in [3.8, 4) is 5.75 Å². The minimum Gasteiger partial charge on any atom is -0.481 e. The lowest BCUT2D eigenvalue weighted by molar-refractivity contribution is -0.122. The van der Waals surface area contributed by atoms with Crippen LogP contribution in [0.1, 0.15) is 13.3 Å². The number of para-hydroxylation sites is 1. The first-order chi connectivity index (χ1) is 8.79. The van der Waals surface area contributed by atoms with Crippen molar-refractivity contribution >= 4 is 11.9 Å². The molecule has 2 rings (SSSR count). The van der Waals surface area contributed by atoms with Crippen LogP contribution in [0, 0.1) is 0 Å². The van der Waals surface area contributed by atoms with Crippen LogP contribution in [0.3, 0.4) is 0 Å². The van der Waals surface area contributed by atoms with E-state index in [0.29, 0.717) is 18.1 Å². The summed E-state index contributed by atoms with van der Waals surface area (Å²) in [6, 6.07) is 9.28. The Labute approximate surface area is 105 Å². The summed E-state index contributed by atoms with van der Waals surface area (Å²) >= 11 is 0. The molecule has 0 saturated heterocycles. The highest BCUT2D eigenvalue weighted by Crippen LogP contribution is 2.13. The summed E-state index contributed by atoms with van der Waals surface area (Å²) in [5.41, 5.74) is 0. The lowest BCUT2D eigenvalue weighted by atomic mass is 10.2. The molecule has 0 aliphatic heterocycles. The summed E-state index contributed by atoms with van der Waals surface area (Å²) in [6.07, 6.45) is 3.28. The molecule has 0 fully saturated rings. The number of nitrogens with zero attached hydrogens (tertiary/aromatic N) is 1. The number of benzene rings is 1. The van der Waals surface area contributed by atoms with Crippen LogP contribution in [-0.4, -0.2) is 22.0 Å². The monoisotopic (exact) mass is 245 g/mol. The summed E-state index contributed by atoms with van der Waals surface area (Å²) < 4.78 is 5.62. The van der Waals surface area contributed by atoms with Gasteiger partial charge in [-0.3, -0.25) is 10.1 Å². The molecule has 0 saturated carbocycles. The number of anilines is 1. The second-order valence-electron chi connectivity index (χ2n) is 3.75. The molecular formula is C13H15N3O2. The molecule has 1 unspecified atom stereocenters. The Hall–Kier alpha value is -2.30. The van der Waals surface area contributed by atoms with Gasteiger partial charge in [-0.1, -0.05) is 25.1 Å². The zero-order valence-electron chi connectivity index (χ0n) is 10.1. The largest absolute Gasteiger partial charge is 0.481 e. The average molecular weight is 245 g/mol. The van der Waals surface area contributed by atoms with E-state index >= 15 is 0 Å². The molecule has 5 nitrogen and oxygen atoms in total. The zero-order valence-corrected chi connectivity index (χ0v) is 10.1. The van der Waals surface area contributed by atoms with E-state index in [2.05, 4.69) is 15.3 Å². The highest BCUT2D eigenvalue weighted by molar-refractivity contribution is 5.92. The van der Waals surface area contributed by atoms with E-state index < -0.39 is 6.10 Å². The number of H-pyrrole nitrogens is 1. The second kappa shape index (κ2) is 5.86. The topological polar surface area (TPSA) is 67.0 Å². The standard InChI is InChI=1S/C13H15N3O2/c1-2-11(18-10-6-4-3-5-7-10)12(17)16-13-14-8-9-15-13/h3-9,11H,2H2,1H3,(H2,14,15,16,17). The van der Waals surface area contributed by atoms with Gasteiger partial charge < -0.3 is 9.72 Å². The highest BCUT2D eigenvalue weighted by atomic mass is 16.5. The van der Waals surface area contributed by atoms with Crippen molar-refractivity contribution in [2.45, 2.75) is 19.4 Å². The predicted molar refractivity (Wildman–Crippen MR) is 68.4 cm³/mol. The number of rotatable bonds is 5. The summed E-state index contributed by atoms with van der Waals surface area (Å²) in [7, 11) is 0. The quantitative estimate of drug-likeness (QED) is 0.848. The zero-order chi connectivity index (χ0) is 12.8. The van der Waals surface area contributed by atoms with Gasteiger partial charge in [0.05, 0.1) is 0 Å². The number of carbonyl (C=O) groups excluding carboxylic acids is 1. The van der Waals surface area contributed by atoms with Gasteiger partial charge in [0.25, 0.3) is 5.91 Å². The van der Waals surface area contributed by atoms with E-state index in [9.17, 15) is 4.79 Å². The van der Waals surface area contributed by atoms with Crippen LogP contribution in [0.25, 0.3) is 0 Å². The van der Waals surface area contributed by atoms with Gasteiger partial charge in [0, 0.05) is 12.4 Å². The van der Waals surface area contributed by atoms with Crippen LogP contribution < -0.4 is 10.1 Å². The molecule has 2 aromatic rings. The Kier molecular flexibility index (Phi) is 3.96. The maximum atomic E-state index is 11.9. The van der Waals surface area contributed by atoms with Crippen molar-refractivity contribution in [3.63, 3.8) is 0 Å². The van der Waals surface area contributed by atoms with Gasteiger partial charge in [-0.15, -0.1) is 0 Å². The Balaban J connectivity index is 1.98. The first-order valence-corrected chi connectivity index (χ1v) is 5.81. The number of aromatic nitrogens is 2. The third kappa shape index (κ3) is 3.10. The lowest BCUT2D eigenvalue weighted by Gasteiger charge is -2.16. The highest BCUT2D eigenvalue weighted by Gasteiger charge is 2.18. The number of ether oxygens (including phenoxy) is 1. The van der Waals surface area contributed by atoms with Crippen LogP contribution in [0.15, 0.2) is 42.7 Å². The molecule has 0 radical (unpaired) electrons. The van der Waals surface area contributed by atoms with Gasteiger partial charge in [0.1, 0.15) is 5.75 Å². The van der Waals surface area contributed by atoms with Crippen LogP contribution in [0.2, 0.25) is 0 Å². The Morgan fingerprint density at radius 3 is 2.83 bits per heavy atom. The normalized spacial score (nSPS) is 11.8. The van der Waals surface area contributed by atoms with E-state index in [0.717, 1.165) is 0 Å². The predicted octanol–water partition coefficient (Wildman–Crippen LogP) is 2.21. The molecule has 0 bridgehead atoms. The Bertz CT molecular complexity index is 482. The molecule has 18 heavy (non-hydrogen) atoms. The molecular weight excluding hydrogens is 230 g/mol. The molecule has 1 aromatic carbocycles. The summed E-state index contributed by atoms with van der Waals surface area (Å²) in [6.45, 7) is 1.90. The number of amides is 1. The molecule has 2 N–H and O–H groups in total. The van der Waals surface area contributed by atoms with Crippen molar-refractivity contribution in [1.29, 1.82) is 0 Å². The molecule has 1 amide bonds. The molecule has 0 aliphatic carbocycles. The average Bonchev–Trinajstić information content (AvgIpc) is 2.90. The van der Waals surface area contributed by atoms with Crippen molar-refractivity contribution in [2.24, 2.45) is 0 Å². The van der Waals surface area contributed by atoms with Crippen molar-refractivity contribution < 1.29 is 9.53 Å². The summed E-state index contributed by atoms with van der Waals surface area (Å²) in [5.74, 6) is 0.894. The first kappa shape index (κ1) is 12.2. The second-order valence-corrected chi connectivity index (χ2v) is 3.75. The lowest BCUT2D eigenvalue weighted by Crippen LogP contribution is -2.32. The van der Waals surface area contributed by atoms with Crippen LogP contribution >= 0.6 is 0 Å². The summed E-state index contributed by atoms with van der Waals surface area (Å²) in [4.78, 5) is 18.7. The number of aromatic amines is 1. The molecule has 94 valence electrons. The van der Waals surface area contributed by atoms with Crippen molar-refractivity contribution in [3.05, 3.63) is 42.7 Å². The van der Waals surface area contributed by atoms with E-state index in [-0.39, 0.29) is 5.91 Å². The van der Waals surface area contributed by atoms with Crippen LogP contribution in [0.4, 0.5) is 5.95 Å². The van der Waals surface area contributed by atoms with Gasteiger partial charge >= 0.3 is 0 Å². The number of imidazole rings is 1. The fourth-order valence-electron chi connectivity index (χ4n) is 1.52. The molecule has 1 aromatic heterocycles. The molecule has 0 spiro atoms. The van der Waals surface area contributed by atoms with E-state index in [4.69, 9.17) is 4.74 Å². The molecule has 1 heterocycles. The van der Waals surface area contributed by atoms with Crippen molar-refractivity contribution in [1.82, 2.24) is 9.97 Å². The third-order valence-corrected chi connectivity index (χ3v) is 2.42.